The van der Waals surface area contributed by atoms with Crippen molar-refractivity contribution < 1.29 is 18.7 Å². The van der Waals surface area contributed by atoms with Crippen molar-refractivity contribution >= 4 is 40.1 Å². The highest BCUT2D eigenvalue weighted by Gasteiger charge is 2.19. The fraction of sp³-hybridized carbons (Fsp3) is 0.250. The Bertz CT molecular complexity index is 1030. The zero-order chi connectivity index (χ0) is 19.0. The van der Waals surface area contributed by atoms with Crippen LogP contribution in [0.15, 0.2) is 34.7 Å². The van der Waals surface area contributed by atoms with Crippen LogP contribution in [0.25, 0.3) is 11.0 Å². The first-order chi connectivity index (χ1) is 13.0. The van der Waals surface area contributed by atoms with Crippen LogP contribution < -0.4 is 14.8 Å². The van der Waals surface area contributed by atoms with Crippen LogP contribution >= 0.6 is 23.2 Å². The van der Waals surface area contributed by atoms with Crippen molar-refractivity contribution in [2.75, 3.05) is 19.8 Å². The molecule has 1 amide bonds. The number of ether oxygens (including phenoxy) is 2. The number of halogens is 2. The van der Waals surface area contributed by atoms with Gasteiger partial charge in [-0.1, -0.05) is 23.2 Å². The number of fused-ring (bicyclic) bond motifs is 2. The first-order valence-corrected chi connectivity index (χ1v) is 9.33. The smallest absolute Gasteiger partial charge is 0.287 e. The molecule has 0 spiro atoms. The molecule has 0 radical (unpaired) electrons. The molecular weight excluding hydrogens is 389 g/mol. The molecular formula is C20H17Cl2NO4. The van der Waals surface area contributed by atoms with Crippen molar-refractivity contribution in [2.24, 2.45) is 0 Å². The highest BCUT2D eigenvalue weighted by Crippen LogP contribution is 2.38. The molecule has 7 heteroatoms. The van der Waals surface area contributed by atoms with Crippen LogP contribution in [0, 0.1) is 6.92 Å². The number of carbonyl (C=O) groups is 1. The van der Waals surface area contributed by atoms with E-state index in [-0.39, 0.29) is 5.91 Å². The Kier molecular flexibility index (Phi) is 4.89. The Labute approximate surface area is 166 Å². The second kappa shape index (κ2) is 7.33. The van der Waals surface area contributed by atoms with Crippen molar-refractivity contribution in [1.82, 2.24) is 5.32 Å². The lowest BCUT2D eigenvalue weighted by Crippen LogP contribution is -2.26. The molecule has 0 saturated heterocycles. The second-order valence-electron chi connectivity index (χ2n) is 6.30. The molecule has 2 aromatic carbocycles. The Balaban J connectivity index is 1.44. The third kappa shape index (κ3) is 3.57. The SMILES string of the molecule is Cc1c(C(=O)NCCc2cc(Cl)c3c(c2)OCCO3)oc2ccc(Cl)cc12. The normalized spacial score (nSPS) is 13.0. The minimum absolute atomic E-state index is 0.261. The summed E-state index contributed by atoms with van der Waals surface area (Å²) in [5.41, 5.74) is 2.37. The molecule has 3 aromatic rings. The fourth-order valence-corrected chi connectivity index (χ4v) is 3.58. The topological polar surface area (TPSA) is 60.7 Å². The third-order valence-corrected chi connectivity index (χ3v) is 4.98. The lowest BCUT2D eigenvalue weighted by molar-refractivity contribution is 0.0928. The Hall–Kier alpha value is -2.37. The zero-order valence-corrected chi connectivity index (χ0v) is 16.1. The van der Waals surface area contributed by atoms with Crippen LogP contribution in [-0.2, 0) is 6.42 Å². The van der Waals surface area contributed by atoms with Crippen LogP contribution in [-0.4, -0.2) is 25.7 Å². The van der Waals surface area contributed by atoms with Crippen LogP contribution in [0.4, 0.5) is 0 Å². The average Bonchev–Trinajstić information content (AvgIpc) is 2.98. The molecule has 0 saturated carbocycles. The van der Waals surface area contributed by atoms with E-state index < -0.39 is 0 Å². The molecule has 0 bridgehead atoms. The summed E-state index contributed by atoms with van der Waals surface area (Å²) in [5, 5.41) is 4.84. The molecule has 1 aromatic heterocycles. The van der Waals surface area contributed by atoms with E-state index in [0.717, 1.165) is 16.5 Å². The molecule has 4 rings (SSSR count). The number of aryl methyl sites for hydroxylation is 1. The highest BCUT2D eigenvalue weighted by atomic mass is 35.5. The number of hydrogen-bond donors (Lipinski definition) is 1. The quantitative estimate of drug-likeness (QED) is 0.677. The van der Waals surface area contributed by atoms with Gasteiger partial charge in [0.25, 0.3) is 5.91 Å². The molecule has 0 unspecified atom stereocenters. The van der Waals surface area contributed by atoms with Gasteiger partial charge in [-0.25, -0.2) is 0 Å². The first kappa shape index (κ1) is 18.0. The molecule has 27 heavy (non-hydrogen) atoms. The average molecular weight is 406 g/mol. The predicted molar refractivity (Wildman–Crippen MR) is 104 cm³/mol. The molecule has 0 fully saturated rings. The van der Waals surface area contributed by atoms with Gasteiger partial charge < -0.3 is 19.2 Å². The van der Waals surface area contributed by atoms with Gasteiger partial charge in [0.15, 0.2) is 17.3 Å². The van der Waals surface area contributed by atoms with Gasteiger partial charge >= 0.3 is 0 Å². The van der Waals surface area contributed by atoms with E-state index in [1.165, 1.54) is 0 Å². The van der Waals surface area contributed by atoms with Gasteiger partial charge in [0.2, 0.25) is 0 Å². The summed E-state index contributed by atoms with van der Waals surface area (Å²) in [6.45, 7) is 3.27. The molecule has 2 heterocycles. The van der Waals surface area contributed by atoms with Gasteiger partial charge in [-0.2, -0.15) is 0 Å². The maximum Gasteiger partial charge on any atom is 0.287 e. The van der Waals surface area contributed by atoms with E-state index in [9.17, 15) is 4.79 Å². The lowest BCUT2D eigenvalue weighted by Gasteiger charge is -2.20. The number of furan rings is 1. The van der Waals surface area contributed by atoms with E-state index in [1.807, 2.05) is 19.1 Å². The van der Waals surface area contributed by atoms with Gasteiger partial charge in [0, 0.05) is 22.5 Å². The molecule has 0 aliphatic carbocycles. The summed E-state index contributed by atoms with van der Waals surface area (Å²) in [7, 11) is 0. The van der Waals surface area contributed by atoms with E-state index in [2.05, 4.69) is 5.32 Å². The van der Waals surface area contributed by atoms with Gasteiger partial charge in [0.1, 0.15) is 18.8 Å². The molecule has 1 N–H and O–H groups in total. The predicted octanol–water partition coefficient (Wildman–Crippen LogP) is 4.79. The molecule has 140 valence electrons. The number of rotatable bonds is 4. The van der Waals surface area contributed by atoms with Gasteiger partial charge in [0.05, 0.1) is 5.02 Å². The summed E-state index contributed by atoms with van der Waals surface area (Å²) in [6, 6.07) is 9.01. The van der Waals surface area contributed by atoms with Crippen molar-refractivity contribution in [3.8, 4) is 11.5 Å². The Morgan fingerprint density at radius 3 is 2.81 bits per heavy atom. The van der Waals surface area contributed by atoms with Crippen LogP contribution in [0.5, 0.6) is 11.5 Å². The number of nitrogens with one attached hydrogen (secondary N) is 1. The molecule has 1 aliphatic heterocycles. The maximum atomic E-state index is 12.5. The first-order valence-electron chi connectivity index (χ1n) is 8.58. The number of carbonyl (C=O) groups excluding carboxylic acids is 1. The highest BCUT2D eigenvalue weighted by molar-refractivity contribution is 6.32. The second-order valence-corrected chi connectivity index (χ2v) is 7.15. The van der Waals surface area contributed by atoms with Crippen molar-refractivity contribution in [2.45, 2.75) is 13.3 Å². The Morgan fingerprint density at radius 2 is 1.96 bits per heavy atom. The third-order valence-electron chi connectivity index (χ3n) is 4.46. The van der Waals surface area contributed by atoms with E-state index in [1.54, 1.807) is 18.2 Å². The lowest BCUT2D eigenvalue weighted by atomic mass is 10.1. The van der Waals surface area contributed by atoms with E-state index in [0.29, 0.717) is 59.1 Å². The van der Waals surface area contributed by atoms with Crippen LogP contribution in [0.2, 0.25) is 10.0 Å². The monoisotopic (exact) mass is 405 g/mol. The van der Waals surface area contributed by atoms with Crippen molar-refractivity contribution in [3.05, 3.63) is 57.3 Å². The van der Waals surface area contributed by atoms with Gasteiger partial charge in [-0.3, -0.25) is 4.79 Å². The minimum Gasteiger partial charge on any atom is -0.486 e. The maximum absolute atomic E-state index is 12.5. The van der Waals surface area contributed by atoms with E-state index in [4.69, 9.17) is 37.1 Å². The summed E-state index contributed by atoms with van der Waals surface area (Å²) in [6.07, 6.45) is 0.604. The number of benzene rings is 2. The molecule has 5 nitrogen and oxygen atoms in total. The standard InChI is InChI=1S/C20H17Cl2NO4/c1-11-14-10-13(21)2-3-16(14)27-18(11)20(24)23-5-4-12-8-15(22)19-17(9-12)25-6-7-26-19/h2-3,8-10H,4-7H2,1H3,(H,23,24). The number of amides is 1. The largest absolute Gasteiger partial charge is 0.486 e. The summed E-state index contributed by atoms with van der Waals surface area (Å²) < 4.78 is 16.8. The summed E-state index contributed by atoms with van der Waals surface area (Å²) in [5.74, 6) is 1.25. The zero-order valence-electron chi connectivity index (χ0n) is 14.6. The molecule has 1 aliphatic rings. The van der Waals surface area contributed by atoms with Gasteiger partial charge in [-0.15, -0.1) is 0 Å². The summed E-state index contributed by atoms with van der Waals surface area (Å²) in [4.78, 5) is 12.5. The van der Waals surface area contributed by atoms with Crippen LogP contribution in [0.1, 0.15) is 21.7 Å². The fourth-order valence-electron chi connectivity index (χ4n) is 3.12. The Morgan fingerprint density at radius 1 is 1.15 bits per heavy atom. The van der Waals surface area contributed by atoms with Crippen molar-refractivity contribution in [3.63, 3.8) is 0 Å². The molecule has 0 atom stereocenters. The van der Waals surface area contributed by atoms with E-state index >= 15 is 0 Å². The minimum atomic E-state index is -0.261. The number of hydrogen-bond acceptors (Lipinski definition) is 4. The summed E-state index contributed by atoms with van der Waals surface area (Å²) >= 11 is 12.3. The van der Waals surface area contributed by atoms with Crippen molar-refractivity contribution in [1.29, 1.82) is 0 Å². The van der Waals surface area contributed by atoms with Crippen LogP contribution in [0.3, 0.4) is 0 Å². The van der Waals surface area contributed by atoms with Gasteiger partial charge in [-0.05, 0) is 49.2 Å².